The second-order valence-corrected chi connectivity index (χ2v) is 9.14. The van der Waals surface area contributed by atoms with E-state index in [1.807, 2.05) is 0 Å². The summed E-state index contributed by atoms with van der Waals surface area (Å²) >= 11 is 18.0. The van der Waals surface area contributed by atoms with E-state index in [0.717, 1.165) is 11.6 Å². The van der Waals surface area contributed by atoms with Gasteiger partial charge in [0.05, 0.1) is 28.8 Å². The second kappa shape index (κ2) is 8.98. The number of sulfonamides is 1. The van der Waals surface area contributed by atoms with Gasteiger partial charge in [0, 0.05) is 18.1 Å². The number of esters is 1. The zero-order valence-electron chi connectivity index (χ0n) is 14.5. The average Bonchev–Trinajstić information content (AvgIpc) is 2.68. The molecule has 1 aliphatic heterocycles. The van der Waals surface area contributed by atoms with Crippen LogP contribution >= 0.6 is 34.8 Å². The van der Waals surface area contributed by atoms with E-state index < -0.39 is 16.0 Å². The molecule has 1 fully saturated rings. The summed E-state index contributed by atoms with van der Waals surface area (Å²) in [5.41, 5.74) is 0.649. The molecule has 150 valence electrons. The van der Waals surface area contributed by atoms with Gasteiger partial charge in [-0.05, 0) is 29.8 Å². The van der Waals surface area contributed by atoms with Crippen molar-refractivity contribution in [2.45, 2.75) is 11.5 Å². The molecule has 0 spiro atoms. The van der Waals surface area contributed by atoms with E-state index in [1.165, 1.54) is 10.4 Å². The number of ether oxygens (including phenoxy) is 2. The van der Waals surface area contributed by atoms with Gasteiger partial charge in [0.15, 0.2) is 0 Å². The molecule has 1 saturated heterocycles. The Balaban J connectivity index is 1.84. The predicted molar refractivity (Wildman–Crippen MR) is 107 cm³/mol. The quantitative estimate of drug-likeness (QED) is 0.625. The third-order valence-electron chi connectivity index (χ3n) is 4.11. The standard InChI is InChI=1S/C18H16Cl3NO5S/c19-13-3-1-12(2-4-13)11-27-18(23)14-9-17(16(21)10-15(14)20)28(24,25)22-5-7-26-8-6-22/h1-4,9-10H,5-8,11H2. The number of benzene rings is 2. The fraction of sp³-hybridized carbons (Fsp3) is 0.278. The molecule has 2 aromatic rings. The van der Waals surface area contributed by atoms with Gasteiger partial charge in [-0.25, -0.2) is 13.2 Å². The lowest BCUT2D eigenvalue weighted by atomic mass is 10.2. The third kappa shape index (κ3) is 4.79. The summed E-state index contributed by atoms with van der Waals surface area (Å²) in [6.45, 7) is 0.983. The molecule has 10 heteroatoms. The van der Waals surface area contributed by atoms with Crippen molar-refractivity contribution < 1.29 is 22.7 Å². The Hall–Kier alpha value is -1.35. The van der Waals surface area contributed by atoms with E-state index in [0.29, 0.717) is 18.2 Å². The number of carbonyl (C=O) groups excluding carboxylic acids is 1. The zero-order valence-corrected chi connectivity index (χ0v) is 17.6. The molecule has 2 aromatic carbocycles. The van der Waals surface area contributed by atoms with Crippen LogP contribution in [0.3, 0.4) is 0 Å². The summed E-state index contributed by atoms with van der Waals surface area (Å²) in [5.74, 6) is -0.755. The molecular formula is C18H16Cl3NO5S. The van der Waals surface area contributed by atoms with Crippen molar-refractivity contribution in [2.75, 3.05) is 26.3 Å². The maximum Gasteiger partial charge on any atom is 0.340 e. The fourth-order valence-corrected chi connectivity index (χ4v) is 4.98. The highest BCUT2D eigenvalue weighted by Gasteiger charge is 2.30. The maximum absolute atomic E-state index is 12.9. The van der Waals surface area contributed by atoms with Crippen LogP contribution in [0.25, 0.3) is 0 Å². The lowest BCUT2D eigenvalue weighted by molar-refractivity contribution is 0.0472. The van der Waals surface area contributed by atoms with Crippen LogP contribution in [0.15, 0.2) is 41.3 Å². The summed E-state index contributed by atoms with van der Waals surface area (Å²) in [7, 11) is -3.90. The molecule has 1 heterocycles. The summed E-state index contributed by atoms with van der Waals surface area (Å²) in [6.07, 6.45) is 0. The molecule has 6 nitrogen and oxygen atoms in total. The van der Waals surface area contributed by atoms with Crippen molar-refractivity contribution in [3.8, 4) is 0 Å². The van der Waals surface area contributed by atoms with E-state index in [9.17, 15) is 13.2 Å². The van der Waals surface area contributed by atoms with Crippen LogP contribution in [0.5, 0.6) is 0 Å². The first-order valence-electron chi connectivity index (χ1n) is 8.27. The van der Waals surface area contributed by atoms with E-state index in [-0.39, 0.29) is 40.2 Å². The lowest BCUT2D eigenvalue weighted by Gasteiger charge is -2.26. The Morgan fingerprint density at radius 1 is 1.04 bits per heavy atom. The van der Waals surface area contributed by atoms with Crippen molar-refractivity contribution >= 4 is 50.8 Å². The smallest absolute Gasteiger partial charge is 0.340 e. The molecule has 0 unspecified atom stereocenters. The Morgan fingerprint density at radius 3 is 2.32 bits per heavy atom. The van der Waals surface area contributed by atoms with E-state index in [4.69, 9.17) is 44.3 Å². The van der Waals surface area contributed by atoms with Crippen molar-refractivity contribution in [3.05, 3.63) is 62.6 Å². The molecule has 28 heavy (non-hydrogen) atoms. The van der Waals surface area contributed by atoms with Gasteiger partial charge >= 0.3 is 5.97 Å². The van der Waals surface area contributed by atoms with Crippen LogP contribution in [0.4, 0.5) is 0 Å². The van der Waals surface area contributed by atoms with Gasteiger partial charge in [0.1, 0.15) is 11.5 Å². The fourth-order valence-electron chi connectivity index (χ4n) is 2.62. The third-order valence-corrected chi connectivity index (χ3v) is 7.04. The molecule has 0 saturated carbocycles. The Morgan fingerprint density at radius 2 is 1.68 bits per heavy atom. The Kier molecular flexibility index (Phi) is 6.85. The summed E-state index contributed by atoms with van der Waals surface area (Å²) in [6, 6.07) is 9.16. The molecule has 0 aliphatic carbocycles. The zero-order chi connectivity index (χ0) is 20.3. The molecule has 0 atom stereocenters. The van der Waals surface area contributed by atoms with Crippen molar-refractivity contribution in [1.82, 2.24) is 4.31 Å². The maximum atomic E-state index is 12.9. The van der Waals surface area contributed by atoms with E-state index in [2.05, 4.69) is 0 Å². The van der Waals surface area contributed by atoms with Crippen LogP contribution in [0.1, 0.15) is 15.9 Å². The predicted octanol–water partition coefficient (Wildman–Crippen LogP) is 4.02. The minimum absolute atomic E-state index is 0.00651. The van der Waals surface area contributed by atoms with Gasteiger partial charge < -0.3 is 9.47 Å². The van der Waals surface area contributed by atoms with Crippen LogP contribution in [0.2, 0.25) is 15.1 Å². The van der Waals surface area contributed by atoms with E-state index >= 15 is 0 Å². The molecule has 0 bridgehead atoms. The Bertz CT molecular complexity index is 973. The molecule has 3 rings (SSSR count). The van der Waals surface area contributed by atoms with Crippen LogP contribution in [0, 0.1) is 0 Å². The van der Waals surface area contributed by atoms with Gasteiger partial charge in [0.2, 0.25) is 10.0 Å². The minimum Gasteiger partial charge on any atom is -0.457 e. The largest absolute Gasteiger partial charge is 0.457 e. The molecular weight excluding hydrogens is 449 g/mol. The lowest BCUT2D eigenvalue weighted by Crippen LogP contribution is -2.40. The van der Waals surface area contributed by atoms with Gasteiger partial charge in [-0.1, -0.05) is 46.9 Å². The number of rotatable bonds is 5. The first-order valence-corrected chi connectivity index (χ1v) is 10.8. The highest BCUT2D eigenvalue weighted by Crippen LogP contribution is 2.31. The van der Waals surface area contributed by atoms with Crippen molar-refractivity contribution in [3.63, 3.8) is 0 Å². The first-order chi connectivity index (χ1) is 13.3. The van der Waals surface area contributed by atoms with Crippen LogP contribution in [-0.2, 0) is 26.1 Å². The van der Waals surface area contributed by atoms with Crippen molar-refractivity contribution in [2.24, 2.45) is 0 Å². The Labute approximate surface area is 177 Å². The van der Waals surface area contributed by atoms with E-state index in [1.54, 1.807) is 24.3 Å². The van der Waals surface area contributed by atoms with Crippen molar-refractivity contribution in [1.29, 1.82) is 0 Å². The highest BCUT2D eigenvalue weighted by atomic mass is 35.5. The normalized spacial score (nSPS) is 15.4. The minimum atomic E-state index is -3.90. The number of morpholine rings is 1. The average molecular weight is 465 g/mol. The summed E-state index contributed by atoms with van der Waals surface area (Å²) < 4.78 is 37.5. The molecule has 0 aromatic heterocycles. The number of carbonyl (C=O) groups is 1. The van der Waals surface area contributed by atoms with Gasteiger partial charge in [-0.15, -0.1) is 0 Å². The molecule has 1 aliphatic rings. The molecule has 0 N–H and O–H groups in total. The second-order valence-electron chi connectivity index (χ2n) is 5.98. The monoisotopic (exact) mass is 463 g/mol. The molecule has 0 radical (unpaired) electrons. The number of halogens is 3. The van der Waals surface area contributed by atoms with Crippen LogP contribution < -0.4 is 0 Å². The highest BCUT2D eigenvalue weighted by molar-refractivity contribution is 7.89. The summed E-state index contributed by atoms with van der Waals surface area (Å²) in [4.78, 5) is 12.3. The SMILES string of the molecule is O=C(OCc1ccc(Cl)cc1)c1cc(S(=O)(=O)N2CCOCC2)c(Cl)cc1Cl. The van der Waals surface area contributed by atoms with Gasteiger partial charge in [-0.2, -0.15) is 4.31 Å². The van der Waals surface area contributed by atoms with Crippen LogP contribution in [-0.4, -0.2) is 45.0 Å². The summed E-state index contributed by atoms with van der Waals surface area (Å²) in [5, 5.41) is 0.506. The number of hydrogen-bond acceptors (Lipinski definition) is 5. The number of hydrogen-bond donors (Lipinski definition) is 0. The topological polar surface area (TPSA) is 72.9 Å². The number of nitrogens with zero attached hydrogens (tertiary/aromatic N) is 1. The first kappa shape index (κ1) is 21.4. The molecule has 0 amide bonds. The van der Waals surface area contributed by atoms with Gasteiger partial charge in [0.25, 0.3) is 0 Å². The van der Waals surface area contributed by atoms with Gasteiger partial charge in [-0.3, -0.25) is 0 Å².